The number of benzene rings is 1. The van der Waals surface area contributed by atoms with Gasteiger partial charge in [-0.3, -0.25) is 0 Å². The molecule has 0 aliphatic carbocycles. The van der Waals surface area contributed by atoms with E-state index in [0.717, 1.165) is 17.8 Å². The molecular formula is C21H30BrN. The summed E-state index contributed by atoms with van der Waals surface area (Å²) in [6, 6.07) is 7.65. The first kappa shape index (κ1) is 17.1. The molecule has 0 fully saturated rings. The van der Waals surface area contributed by atoms with Gasteiger partial charge in [0, 0.05) is 22.5 Å². The zero-order chi connectivity index (χ0) is 16.2. The van der Waals surface area contributed by atoms with Crippen LogP contribution in [0.3, 0.4) is 0 Å². The predicted octanol–water partition coefficient (Wildman–Crippen LogP) is 6.73. The summed E-state index contributed by atoms with van der Waals surface area (Å²) in [7, 11) is 0. The van der Waals surface area contributed by atoms with Crippen molar-refractivity contribution in [2.75, 3.05) is 5.33 Å². The molecule has 1 aliphatic heterocycles. The summed E-state index contributed by atoms with van der Waals surface area (Å²) in [5.41, 5.74) is 6.20. The highest BCUT2D eigenvalue weighted by molar-refractivity contribution is 9.09. The van der Waals surface area contributed by atoms with Crippen molar-refractivity contribution in [1.82, 2.24) is 4.57 Å². The van der Waals surface area contributed by atoms with E-state index in [9.17, 15) is 0 Å². The van der Waals surface area contributed by atoms with Crippen LogP contribution in [-0.2, 0) is 12.8 Å². The fraction of sp³-hybridized carbons (Fsp3) is 0.619. The Morgan fingerprint density at radius 2 is 2.00 bits per heavy atom. The van der Waals surface area contributed by atoms with Crippen LogP contribution in [0.4, 0.5) is 0 Å². The number of halogens is 1. The summed E-state index contributed by atoms with van der Waals surface area (Å²) in [6.07, 6.45) is 12.0. The fourth-order valence-electron chi connectivity index (χ4n) is 4.40. The second-order valence-electron chi connectivity index (χ2n) is 7.08. The van der Waals surface area contributed by atoms with Gasteiger partial charge in [-0.25, -0.2) is 0 Å². The summed E-state index contributed by atoms with van der Waals surface area (Å²) < 4.78 is 2.70. The topological polar surface area (TPSA) is 4.93 Å². The Hall–Kier alpha value is -0.760. The lowest BCUT2D eigenvalue weighted by Crippen LogP contribution is -2.17. The van der Waals surface area contributed by atoms with Crippen LogP contribution in [0.2, 0.25) is 0 Å². The highest BCUT2D eigenvalue weighted by Crippen LogP contribution is 2.39. The standard InChI is InChI=1S/C21H30BrN/c1-3-4-5-6-7-10-18-13-12-17-9-8-11-20-19(14-15-22)16(2)23(18)21(17)20/h8-9,11,18H,3-7,10,12-15H2,1-2H3. The summed E-state index contributed by atoms with van der Waals surface area (Å²) >= 11 is 3.64. The van der Waals surface area contributed by atoms with Gasteiger partial charge in [-0.15, -0.1) is 0 Å². The van der Waals surface area contributed by atoms with Crippen molar-refractivity contribution in [3.8, 4) is 0 Å². The minimum Gasteiger partial charge on any atom is -0.341 e. The Balaban J connectivity index is 1.86. The molecule has 0 bridgehead atoms. The van der Waals surface area contributed by atoms with E-state index in [1.165, 1.54) is 62.4 Å². The zero-order valence-electron chi connectivity index (χ0n) is 14.7. The van der Waals surface area contributed by atoms with E-state index < -0.39 is 0 Å². The molecule has 1 nitrogen and oxygen atoms in total. The van der Waals surface area contributed by atoms with Crippen LogP contribution in [0.15, 0.2) is 18.2 Å². The first-order chi connectivity index (χ1) is 11.3. The lowest BCUT2D eigenvalue weighted by Gasteiger charge is -2.27. The SMILES string of the molecule is CCCCCCCC1CCc2cccc3c(CCBr)c(C)n1c23. The average Bonchev–Trinajstić information content (AvgIpc) is 2.85. The van der Waals surface area contributed by atoms with Gasteiger partial charge in [0.2, 0.25) is 0 Å². The van der Waals surface area contributed by atoms with Gasteiger partial charge in [-0.05, 0) is 43.7 Å². The molecule has 0 amide bonds. The van der Waals surface area contributed by atoms with E-state index in [2.05, 4.69) is 52.5 Å². The van der Waals surface area contributed by atoms with Gasteiger partial charge < -0.3 is 4.57 Å². The molecule has 2 aromatic rings. The Kier molecular flexibility index (Phi) is 5.85. The van der Waals surface area contributed by atoms with E-state index in [0.29, 0.717) is 0 Å². The quantitative estimate of drug-likeness (QED) is 0.355. The predicted molar refractivity (Wildman–Crippen MR) is 105 cm³/mol. The highest BCUT2D eigenvalue weighted by atomic mass is 79.9. The molecule has 2 heteroatoms. The van der Waals surface area contributed by atoms with E-state index in [-0.39, 0.29) is 0 Å². The van der Waals surface area contributed by atoms with Gasteiger partial charge in [0.05, 0.1) is 5.52 Å². The second kappa shape index (κ2) is 7.88. The number of aryl methyl sites for hydroxylation is 2. The minimum absolute atomic E-state index is 0.720. The number of rotatable bonds is 8. The first-order valence-corrected chi connectivity index (χ1v) is 10.6. The number of hydrogen-bond acceptors (Lipinski definition) is 0. The monoisotopic (exact) mass is 375 g/mol. The lowest BCUT2D eigenvalue weighted by atomic mass is 9.94. The summed E-state index contributed by atoms with van der Waals surface area (Å²) in [6.45, 7) is 4.64. The second-order valence-corrected chi connectivity index (χ2v) is 7.87. The largest absolute Gasteiger partial charge is 0.341 e. The van der Waals surface area contributed by atoms with Crippen LogP contribution in [0, 0.1) is 6.92 Å². The van der Waals surface area contributed by atoms with Crippen LogP contribution in [0.1, 0.15) is 74.7 Å². The fourth-order valence-corrected chi connectivity index (χ4v) is 4.80. The molecule has 23 heavy (non-hydrogen) atoms. The number of hydrogen-bond donors (Lipinski definition) is 0. The van der Waals surface area contributed by atoms with Gasteiger partial charge in [0.15, 0.2) is 0 Å². The molecule has 0 radical (unpaired) electrons. The molecule has 2 heterocycles. The third kappa shape index (κ3) is 3.38. The Labute approximate surface area is 149 Å². The number of unbranched alkanes of at least 4 members (excludes halogenated alkanes) is 4. The van der Waals surface area contributed by atoms with Gasteiger partial charge >= 0.3 is 0 Å². The molecular weight excluding hydrogens is 346 g/mol. The van der Waals surface area contributed by atoms with E-state index in [1.807, 2.05) is 0 Å². The zero-order valence-corrected chi connectivity index (χ0v) is 16.3. The molecule has 0 spiro atoms. The van der Waals surface area contributed by atoms with Crippen molar-refractivity contribution < 1.29 is 0 Å². The van der Waals surface area contributed by atoms with Gasteiger partial charge in [-0.2, -0.15) is 0 Å². The molecule has 0 saturated heterocycles. The number of alkyl halides is 1. The molecule has 0 saturated carbocycles. The maximum Gasteiger partial charge on any atom is 0.0520 e. The van der Waals surface area contributed by atoms with E-state index in [4.69, 9.17) is 0 Å². The molecule has 1 atom stereocenters. The number of para-hydroxylation sites is 1. The van der Waals surface area contributed by atoms with Crippen molar-refractivity contribution in [3.05, 3.63) is 35.0 Å². The molecule has 1 aromatic carbocycles. The molecule has 3 rings (SSSR count). The molecule has 1 aliphatic rings. The average molecular weight is 376 g/mol. The molecule has 126 valence electrons. The van der Waals surface area contributed by atoms with Crippen LogP contribution >= 0.6 is 15.9 Å². The van der Waals surface area contributed by atoms with Crippen LogP contribution < -0.4 is 0 Å². The maximum absolute atomic E-state index is 3.64. The van der Waals surface area contributed by atoms with Crippen LogP contribution in [-0.4, -0.2) is 9.90 Å². The summed E-state index contributed by atoms with van der Waals surface area (Å²) in [4.78, 5) is 0. The molecule has 1 aromatic heterocycles. The number of nitrogens with zero attached hydrogens (tertiary/aromatic N) is 1. The first-order valence-electron chi connectivity index (χ1n) is 9.45. The maximum atomic E-state index is 3.64. The molecule has 0 N–H and O–H groups in total. The van der Waals surface area contributed by atoms with Crippen LogP contribution in [0.25, 0.3) is 10.9 Å². The highest BCUT2D eigenvalue weighted by Gasteiger charge is 2.25. The van der Waals surface area contributed by atoms with Crippen molar-refractivity contribution in [3.63, 3.8) is 0 Å². The minimum atomic E-state index is 0.720. The normalized spacial score (nSPS) is 17.1. The summed E-state index contributed by atoms with van der Waals surface area (Å²) in [5.74, 6) is 0. The smallest absolute Gasteiger partial charge is 0.0520 e. The van der Waals surface area contributed by atoms with Crippen molar-refractivity contribution in [1.29, 1.82) is 0 Å². The third-order valence-corrected chi connectivity index (χ3v) is 5.98. The van der Waals surface area contributed by atoms with E-state index >= 15 is 0 Å². The van der Waals surface area contributed by atoms with Crippen molar-refractivity contribution in [2.45, 2.75) is 77.7 Å². The van der Waals surface area contributed by atoms with E-state index in [1.54, 1.807) is 16.6 Å². The van der Waals surface area contributed by atoms with Crippen molar-refractivity contribution >= 4 is 26.8 Å². The third-order valence-electron chi connectivity index (χ3n) is 5.58. The summed E-state index contributed by atoms with van der Waals surface area (Å²) in [5, 5.41) is 2.56. The Bertz CT molecular complexity index is 655. The van der Waals surface area contributed by atoms with Gasteiger partial charge in [0.25, 0.3) is 0 Å². The lowest BCUT2D eigenvalue weighted by molar-refractivity contribution is 0.405. The number of aromatic nitrogens is 1. The molecule has 1 unspecified atom stereocenters. The Morgan fingerprint density at radius 3 is 2.78 bits per heavy atom. The van der Waals surface area contributed by atoms with Crippen molar-refractivity contribution in [2.24, 2.45) is 0 Å². The van der Waals surface area contributed by atoms with Gasteiger partial charge in [-0.1, -0.05) is 73.2 Å². The van der Waals surface area contributed by atoms with Crippen LogP contribution in [0.5, 0.6) is 0 Å². The Morgan fingerprint density at radius 1 is 1.17 bits per heavy atom. The van der Waals surface area contributed by atoms with Gasteiger partial charge in [0.1, 0.15) is 0 Å².